The van der Waals surface area contributed by atoms with E-state index in [4.69, 9.17) is 11.6 Å². The molecule has 1 fully saturated rings. The highest BCUT2D eigenvalue weighted by atomic mass is 35.5. The Bertz CT molecular complexity index is 838. The third-order valence-electron chi connectivity index (χ3n) is 5.63. The minimum absolute atomic E-state index is 0.0163. The smallest absolute Gasteiger partial charge is 0.253 e. The molecular formula is C24H29ClN2O2S. The molecule has 2 amide bonds. The van der Waals surface area contributed by atoms with Crippen LogP contribution in [-0.2, 0) is 11.2 Å². The molecular weight excluding hydrogens is 416 g/mol. The van der Waals surface area contributed by atoms with Gasteiger partial charge in [0.1, 0.15) is 6.04 Å². The van der Waals surface area contributed by atoms with Gasteiger partial charge in [-0.25, -0.2) is 0 Å². The van der Waals surface area contributed by atoms with Crippen LogP contribution in [0, 0.1) is 5.92 Å². The van der Waals surface area contributed by atoms with Crippen LogP contribution in [0.5, 0.6) is 0 Å². The molecule has 0 aromatic heterocycles. The van der Waals surface area contributed by atoms with E-state index in [1.54, 1.807) is 36.0 Å². The van der Waals surface area contributed by atoms with Crippen LogP contribution in [0.15, 0.2) is 54.6 Å². The normalized spacial score (nSPS) is 15.6. The monoisotopic (exact) mass is 444 g/mol. The lowest BCUT2D eigenvalue weighted by Crippen LogP contribution is -2.51. The van der Waals surface area contributed by atoms with E-state index in [1.165, 1.54) is 5.56 Å². The Morgan fingerprint density at radius 1 is 1.10 bits per heavy atom. The predicted molar refractivity (Wildman–Crippen MR) is 125 cm³/mol. The van der Waals surface area contributed by atoms with E-state index < -0.39 is 6.04 Å². The van der Waals surface area contributed by atoms with E-state index in [1.807, 2.05) is 17.2 Å². The van der Waals surface area contributed by atoms with Gasteiger partial charge < -0.3 is 10.2 Å². The van der Waals surface area contributed by atoms with Crippen LogP contribution in [0.25, 0.3) is 0 Å². The van der Waals surface area contributed by atoms with E-state index in [-0.39, 0.29) is 11.8 Å². The van der Waals surface area contributed by atoms with Crippen LogP contribution < -0.4 is 5.32 Å². The van der Waals surface area contributed by atoms with Gasteiger partial charge in [0, 0.05) is 13.1 Å². The molecule has 0 aliphatic carbocycles. The second-order valence-corrected chi connectivity index (χ2v) is 9.14. The summed E-state index contributed by atoms with van der Waals surface area (Å²) in [6.07, 6.45) is 5.66. The number of rotatable bonds is 8. The maximum absolute atomic E-state index is 13.2. The molecule has 1 unspecified atom stereocenters. The van der Waals surface area contributed by atoms with Gasteiger partial charge >= 0.3 is 0 Å². The molecule has 1 aliphatic heterocycles. The first-order chi connectivity index (χ1) is 14.6. The quantitative estimate of drug-likeness (QED) is 0.643. The summed E-state index contributed by atoms with van der Waals surface area (Å²) < 4.78 is 0. The highest BCUT2D eigenvalue weighted by Crippen LogP contribution is 2.23. The molecule has 30 heavy (non-hydrogen) atoms. The Morgan fingerprint density at radius 2 is 1.77 bits per heavy atom. The highest BCUT2D eigenvalue weighted by Gasteiger charge is 2.29. The summed E-state index contributed by atoms with van der Waals surface area (Å²) in [7, 11) is 0. The van der Waals surface area contributed by atoms with Gasteiger partial charge in [-0.05, 0) is 61.3 Å². The fourth-order valence-electron chi connectivity index (χ4n) is 3.90. The largest absolute Gasteiger partial charge is 0.341 e. The number of thioether (sulfide) groups is 1. The Balaban J connectivity index is 1.58. The van der Waals surface area contributed by atoms with Gasteiger partial charge in [0.15, 0.2) is 0 Å². The zero-order chi connectivity index (χ0) is 21.3. The average Bonchev–Trinajstić information content (AvgIpc) is 2.77. The molecule has 1 N–H and O–H groups in total. The van der Waals surface area contributed by atoms with E-state index in [0.29, 0.717) is 22.9 Å². The summed E-state index contributed by atoms with van der Waals surface area (Å²) in [6.45, 7) is 1.49. The second kappa shape index (κ2) is 11.4. The molecule has 0 bridgehead atoms. The summed E-state index contributed by atoms with van der Waals surface area (Å²) >= 11 is 7.83. The van der Waals surface area contributed by atoms with Crippen molar-refractivity contribution in [3.05, 3.63) is 70.7 Å². The molecule has 2 aromatic rings. The van der Waals surface area contributed by atoms with Gasteiger partial charge in [0.05, 0.1) is 10.6 Å². The topological polar surface area (TPSA) is 49.4 Å². The zero-order valence-corrected chi connectivity index (χ0v) is 18.9. The number of amides is 2. The van der Waals surface area contributed by atoms with Gasteiger partial charge in [-0.1, -0.05) is 54.1 Å². The highest BCUT2D eigenvalue weighted by molar-refractivity contribution is 7.98. The number of likely N-dealkylation sites (tertiary alicyclic amines) is 1. The van der Waals surface area contributed by atoms with E-state index in [9.17, 15) is 9.59 Å². The van der Waals surface area contributed by atoms with Crippen molar-refractivity contribution in [2.24, 2.45) is 5.92 Å². The van der Waals surface area contributed by atoms with Gasteiger partial charge in [0.2, 0.25) is 5.91 Å². The fourth-order valence-corrected chi connectivity index (χ4v) is 4.59. The van der Waals surface area contributed by atoms with Crippen molar-refractivity contribution in [2.75, 3.05) is 25.1 Å². The van der Waals surface area contributed by atoms with Gasteiger partial charge in [-0.3, -0.25) is 9.59 Å². The number of halogens is 1. The number of carbonyl (C=O) groups excluding carboxylic acids is 2. The number of hydrogen-bond donors (Lipinski definition) is 1. The lowest BCUT2D eigenvalue weighted by molar-refractivity contribution is -0.134. The number of hydrogen-bond acceptors (Lipinski definition) is 3. The van der Waals surface area contributed by atoms with Crippen LogP contribution in [0.3, 0.4) is 0 Å². The molecule has 0 spiro atoms. The predicted octanol–water partition coefficient (Wildman–Crippen LogP) is 4.67. The molecule has 1 atom stereocenters. The maximum atomic E-state index is 13.2. The van der Waals surface area contributed by atoms with Crippen molar-refractivity contribution in [1.82, 2.24) is 10.2 Å². The van der Waals surface area contributed by atoms with Crippen molar-refractivity contribution >= 4 is 35.2 Å². The molecule has 6 heteroatoms. The summed E-state index contributed by atoms with van der Waals surface area (Å²) in [5.74, 6) is 1.13. The first-order valence-electron chi connectivity index (χ1n) is 10.5. The number of benzene rings is 2. The minimum atomic E-state index is -0.521. The number of carbonyl (C=O) groups is 2. The van der Waals surface area contributed by atoms with Crippen molar-refractivity contribution in [2.45, 2.75) is 31.7 Å². The number of nitrogens with one attached hydrogen (secondary N) is 1. The molecule has 4 nitrogen and oxygen atoms in total. The van der Waals surface area contributed by atoms with Crippen LogP contribution in [0.4, 0.5) is 0 Å². The lowest BCUT2D eigenvalue weighted by Gasteiger charge is -2.34. The molecule has 0 saturated carbocycles. The Labute approximate surface area is 188 Å². The molecule has 3 rings (SSSR count). The zero-order valence-electron chi connectivity index (χ0n) is 17.4. The third-order valence-corrected chi connectivity index (χ3v) is 6.60. The van der Waals surface area contributed by atoms with E-state index >= 15 is 0 Å². The van der Waals surface area contributed by atoms with Crippen molar-refractivity contribution in [3.63, 3.8) is 0 Å². The first kappa shape index (κ1) is 22.7. The molecule has 160 valence electrons. The number of piperidine rings is 1. The van der Waals surface area contributed by atoms with Crippen LogP contribution >= 0.6 is 23.4 Å². The molecule has 0 radical (unpaired) electrons. The minimum Gasteiger partial charge on any atom is -0.341 e. The van der Waals surface area contributed by atoms with E-state index in [2.05, 4.69) is 29.6 Å². The average molecular weight is 445 g/mol. The lowest BCUT2D eigenvalue weighted by atomic mass is 9.90. The van der Waals surface area contributed by atoms with Gasteiger partial charge in [-0.15, -0.1) is 0 Å². The van der Waals surface area contributed by atoms with Crippen molar-refractivity contribution in [3.8, 4) is 0 Å². The summed E-state index contributed by atoms with van der Waals surface area (Å²) in [5.41, 5.74) is 1.76. The Morgan fingerprint density at radius 3 is 2.43 bits per heavy atom. The molecule has 2 aromatic carbocycles. The second-order valence-electron chi connectivity index (χ2n) is 7.75. The van der Waals surface area contributed by atoms with Crippen LogP contribution in [-0.4, -0.2) is 47.9 Å². The SMILES string of the molecule is CSCCC(NC(=O)c1ccccc1Cl)C(=O)N1CCC(Cc2ccccc2)CC1. The first-order valence-corrected chi connectivity index (χ1v) is 12.2. The van der Waals surface area contributed by atoms with Crippen LogP contribution in [0.1, 0.15) is 35.2 Å². The fraction of sp³-hybridized carbons (Fsp3) is 0.417. The van der Waals surface area contributed by atoms with Crippen LogP contribution in [0.2, 0.25) is 5.02 Å². The van der Waals surface area contributed by atoms with Crippen molar-refractivity contribution in [1.29, 1.82) is 0 Å². The number of nitrogens with zero attached hydrogens (tertiary/aromatic N) is 1. The third kappa shape index (κ3) is 6.26. The van der Waals surface area contributed by atoms with Crippen molar-refractivity contribution < 1.29 is 9.59 Å². The van der Waals surface area contributed by atoms with Gasteiger partial charge in [-0.2, -0.15) is 11.8 Å². The summed E-state index contributed by atoms with van der Waals surface area (Å²) in [4.78, 5) is 27.8. The van der Waals surface area contributed by atoms with Gasteiger partial charge in [0.25, 0.3) is 5.91 Å². The Hall–Kier alpha value is -1.98. The van der Waals surface area contributed by atoms with E-state index in [0.717, 1.165) is 38.1 Å². The summed E-state index contributed by atoms with van der Waals surface area (Å²) in [6, 6.07) is 16.9. The molecule has 1 heterocycles. The maximum Gasteiger partial charge on any atom is 0.253 e. The standard InChI is InChI=1S/C24H29ClN2O2S/c1-30-16-13-22(26-23(28)20-9-5-6-10-21(20)25)24(29)27-14-11-19(12-15-27)17-18-7-3-2-4-8-18/h2-10,19,22H,11-17H2,1H3,(H,26,28). The Kier molecular flexibility index (Phi) is 8.64. The summed E-state index contributed by atoms with van der Waals surface area (Å²) in [5, 5.41) is 3.33. The molecule has 1 saturated heterocycles. The molecule has 1 aliphatic rings.